The largest absolute Gasteiger partial charge is 0.337 e. The van der Waals surface area contributed by atoms with Gasteiger partial charge in [-0.1, -0.05) is 24.6 Å². The Hall–Kier alpha value is -1.39. The van der Waals surface area contributed by atoms with Crippen LogP contribution in [-0.2, 0) is 4.79 Å². The predicted octanol–water partition coefficient (Wildman–Crippen LogP) is 2.66. The van der Waals surface area contributed by atoms with Crippen LogP contribution in [0.25, 0.3) is 6.08 Å². The summed E-state index contributed by atoms with van der Waals surface area (Å²) < 4.78 is 13.0. The number of carbonyl (C=O) groups excluding carboxylic acids is 1. The van der Waals surface area contributed by atoms with Crippen molar-refractivity contribution in [3.05, 3.63) is 40.7 Å². The number of rotatable bonds is 3. The topological polar surface area (TPSA) is 23.6 Å². The van der Waals surface area contributed by atoms with Crippen molar-refractivity contribution in [2.75, 3.05) is 32.7 Å². The molecule has 0 aliphatic carbocycles. The predicted molar refractivity (Wildman–Crippen MR) is 79.1 cm³/mol. The fraction of sp³-hybridized carbons (Fsp3) is 0.400. The zero-order valence-corrected chi connectivity index (χ0v) is 12.2. The maximum Gasteiger partial charge on any atom is 0.246 e. The molecule has 2 rings (SSSR count). The van der Waals surface area contributed by atoms with E-state index in [1.165, 1.54) is 18.2 Å². The summed E-state index contributed by atoms with van der Waals surface area (Å²) in [6.07, 6.45) is 3.19. The van der Waals surface area contributed by atoms with Crippen molar-refractivity contribution >= 4 is 23.6 Å². The summed E-state index contributed by atoms with van der Waals surface area (Å²) in [5.74, 6) is -0.466. The van der Waals surface area contributed by atoms with E-state index in [2.05, 4.69) is 11.8 Å². The Labute approximate surface area is 123 Å². The van der Waals surface area contributed by atoms with Crippen molar-refractivity contribution in [3.63, 3.8) is 0 Å². The van der Waals surface area contributed by atoms with E-state index in [0.717, 1.165) is 38.3 Å². The Morgan fingerprint density at radius 1 is 1.35 bits per heavy atom. The standard InChI is InChI=1S/C15H18ClFN2O/c1-2-18-7-9-19(10-8-18)15(20)6-4-12-3-5-14(17)13(16)11-12/h3-6,11H,2,7-10H2,1H3/b6-4+. The molecule has 0 N–H and O–H groups in total. The molecule has 1 aromatic carbocycles. The number of benzene rings is 1. The summed E-state index contributed by atoms with van der Waals surface area (Å²) in [7, 11) is 0. The highest BCUT2D eigenvalue weighted by atomic mass is 35.5. The van der Waals surface area contributed by atoms with Gasteiger partial charge in [0.15, 0.2) is 0 Å². The summed E-state index contributed by atoms with van der Waals surface area (Å²) in [6, 6.07) is 4.40. The van der Waals surface area contributed by atoms with Crippen LogP contribution in [0.1, 0.15) is 12.5 Å². The van der Waals surface area contributed by atoms with Gasteiger partial charge in [0.2, 0.25) is 5.91 Å². The van der Waals surface area contributed by atoms with Gasteiger partial charge in [-0.3, -0.25) is 4.79 Å². The Morgan fingerprint density at radius 3 is 2.65 bits per heavy atom. The molecule has 5 heteroatoms. The number of amides is 1. The SMILES string of the molecule is CCN1CCN(C(=O)/C=C/c2ccc(F)c(Cl)c2)CC1. The molecule has 0 unspecified atom stereocenters. The molecule has 1 aliphatic heterocycles. The molecule has 1 saturated heterocycles. The molecular formula is C15H18ClFN2O. The number of hydrogen-bond acceptors (Lipinski definition) is 2. The highest BCUT2D eigenvalue weighted by Crippen LogP contribution is 2.17. The second kappa shape index (κ2) is 6.86. The second-order valence-electron chi connectivity index (χ2n) is 4.77. The van der Waals surface area contributed by atoms with Gasteiger partial charge in [-0.05, 0) is 30.3 Å². The quantitative estimate of drug-likeness (QED) is 0.801. The minimum Gasteiger partial charge on any atom is -0.337 e. The molecule has 0 saturated carbocycles. The van der Waals surface area contributed by atoms with Gasteiger partial charge >= 0.3 is 0 Å². The van der Waals surface area contributed by atoms with Crippen LogP contribution < -0.4 is 0 Å². The van der Waals surface area contributed by atoms with Gasteiger partial charge in [-0.25, -0.2) is 4.39 Å². The molecule has 0 spiro atoms. The first-order chi connectivity index (χ1) is 9.60. The van der Waals surface area contributed by atoms with Gasteiger partial charge in [0, 0.05) is 32.3 Å². The number of carbonyl (C=O) groups is 1. The van der Waals surface area contributed by atoms with E-state index in [0.29, 0.717) is 0 Å². The highest BCUT2D eigenvalue weighted by molar-refractivity contribution is 6.30. The van der Waals surface area contributed by atoms with Gasteiger partial charge in [0.05, 0.1) is 5.02 Å². The molecule has 1 heterocycles. The van der Waals surface area contributed by atoms with Crippen LogP contribution in [0.15, 0.2) is 24.3 Å². The monoisotopic (exact) mass is 296 g/mol. The lowest BCUT2D eigenvalue weighted by atomic mass is 10.2. The number of halogens is 2. The molecule has 1 amide bonds. The van der Waals surface area contributed by atoms with Crippen molar-refractivity contribution in [1.29, 1.82) is 0 Å². The molecule has 20 heavy (non-hydrogen) atoms. The second-order valence-corrected chi connectivity index (χ2v) is 5.17. The third-order valence-electron chi connectivity index (χ3n) is 3.49. The van der Waals surface area contributed by atoms with Crippen LogP contribution in [0.3, 0.4) is 0 Å². The first kappa shape index (κ1) is 15.0. The minimum atomic E-state index is -0.453. The van der Waals surface area contributed by atoms with Crippen LogP contribution in [0, 0.1) is 5.82 Å². The molecule has 0 atom stereocenters. The summed E-state index contributed by atoms with van der Waals surface area (Å²) >= 11 is 5.70. The van der Waals surface area contributed by atoms with Crippen LogP contribution in [0.2, 0.25) is 5.02 Å². The van der Waals surface area contributed by atoms with Crippen LogP contribution in [0.4, 0.5) is 4.39 Å². The third kappa shape index (κ3) is 3.81. The van der Waals surface area contributed by atoms with Crippen molar-refractivity contribution in [1.82, 2.24) is 9.80 Å². The Bertz CT molecular complexity index is 511. The van der Waals surface area contributed by atoms with Crippen molar-refractivity contribution in [2.24, 2.45) is 0 Å². The zero-order chi connectivity index (χ0) is 14.5. The fourth-order valence-corrected chi connectivity index (χ4v) is 2.36. The minimum absolute atomic E-state index is 0.0128. The zero-order valence-electron chi connectivity index (χ0n) is 11.5. The van der Waals surface area contributed by atoms with Crippen LogP contribution in [0.5, 0.6) is 0 Å². The lowest BCUT2D eigenvalue weighted by molar-refractivity contribution is -0.127. The Kier molecular flexibility index (Phi) is 5.15. The van der Waals surface area contributed by atoms with Gasteiger partial charge < -0.3 is 9.80 Å². The third-order valence-corrected chi connectivity index (χ3v) is 3.78. The van der Waals surface area contributed by atoms with E-state index in [-0.39, 0.29) is 10.9 Å². The summed E-state index contributed by atoms with van der Waals surface area (Å²) in [5, 5.41) is 0.0659. The van der Waals surface area contributed by atoms with E-state index >= 15 is 0 Å². The van der Waals surface area contributed by atoms with Crippen LogP contribution in [-0.4, -0.2) is 48.4 Å². The van der Waals surface area contributed by atoms with Gasteiger partial charge in [0.25, 0.3) is 0 Å². The van der Waals surface area contributed by atoms with E-state index in [1.54, 1.807) is 12.1 Å². The number of likely N-dealkylation sites (N-methyl/N-ethyl adjacent to an activating group) is 1. The molecule has 0 aromatic heterocycles. The van der Waals surface area contributed by atoms with E-state index in [1.807, 2.05) is 4.90 Å². The average Bonchev–Trinajstić information content (AvgIpc) is 2.48. The molecular weight excluding hydrogens is 279 g/mol. The lowest BCUT2D eigenvalue weighted by Gasteiger charge is -2.33. The molecule has 1 fully saturated rings. The number of hydrogen-bond donors (Lipinski definition) is 0. The first-order valence-corrected chi connectivity index (χ1v) is 7.12. The van der Waals surface area contributed by atoms with E-state index in [9.17, 15) is 9.18 Å². The lowest BCUT2D eigenvalue weighted by Crippen LogP contribution is -2.48. The van der Waals surface area contributed by atoms with Crippen molar-refractivity contribution in [3.8, 4) is 0 Å². The normalized spacial score (nSPS) is 16.9. The van der Waals surface area contributed by atoms with Crippen molar-refractivity contribution in [2.45, 2.75) is 6.92 Å². The van der Waals surface area contributed by atoms with E-state index < -0.39 is 5.82 Å². The molecule has 1 aliphatic rings. The maximum atomic E-state index is 13.0. The average molecular weight is 297 g/mol. The molecule has 1 aromatic rings. The summed E-state index contributed by atoms with van der Waals surface area (Å²) in [6.45, 7) is 6.47. The smallest absolute Gasteiger partial charge is 0.246 e. The highest BCUT2D eigenvalue weighted by Gasteiger charge is 2.18. The fourth-order valence-electron chi connectivity index (χ4n) is 2.17. The first-order valence-electron chi connectivity index (χ1n) is 6.74. The Balaban J connectivity index is 1.94. The van der Waals surface area contributed by atoms with Gasteiger partial charge in [0.1, 0.15) is 5.82 Å². The summed E-state index contributed by atoms with van der Waals surface area (Å²) in [5.41, 5.74) is 0.719. The molecule has 0 bridgehead atoms. The molecule has 0 radical (unpaired) electrons. The summed E-state index contributed by atoms with van der Waals surface area (Å²) in [4.78, 5) is 16.2. The van der Waals surface area contributed by atoms with Crippen molar-refractivity contribution < 1.29 is 9.18 Å². The van der Waals surface area contributed by atoms with Gasteiger partial charge in [-0.15, -0.1) is 0 Å². The van der Waals surface area contributed by atoms with E-state index in [4.69, 9.17) is 11.6 Å². The Morgan fingerprint density at radius 2 is 2.05 bits per heavy atom. The molecule has 108 valence electrons. The maximum absolute atomic E-state index is 13.0. The number of nitrogens with zero attached hydrogens (tertiary/aromatic N) is 2. The number of piperazine rings is 1. The van der Waals surface area contributed by atoms with Crippen LogP contribution >= 0.6 is 11.6 Å². The van der Waals surface area contributed by atoms with Gasteiger partial charge in [-0.2, -0.15) is 0 Å². The molecule has 3 nitrogen and oxygen atoms in total.